The lowest BCUT2D eigenvalue weighted by molar-refractivity contribution is -0.120. The van der Waals surface area contributed by atoms with Crippen molar-refractivity contribution < 1.29 is 9.90 Å². The fourth-order valence-corrected chi connectivity index (χ4v) is 2.50. The van der Waals surface area contributed by atoms with E-state index in [-0.39, 0.29) is 23.6 Å². The number of carbonyl (C=O) groups is 1. The zero-order valence-corrected chi connectivity index (χ0v) is 11.1. The highest BCUT2D eigenvalue weighted by Gasteiger charge is 2.29. The third-order valence-corrected chi connectivity index (χ3v) is 3.56. The molecule has 0 aliphatic carbocycles. The molecule has 1 aliphatic heterocycles. The molecule has 1 aromatic carbocycles. The summed E-state index contributed by atoms with van der Waals surface area (Å²) < 4.78 is 0. The lowest BCUT2D eigenvalue weighted by Gasteiger charge is -2.16. The molecule has 98 valence electrons. The molecule has 0 spiro atoms. The third kappa shape index (κ3) is 2.48. The van der Waals surface area contributed by atoms with Crippen LogP contribution < -0.4 is 10.6 Å². The zero-order valence-electron chi connectivity index (χ0n) is 11.1. The number of carbonyl (C=O) groups excluding carboxylic acids is 1. The van der Waals surface area contributed by atoms with E-state index in [1.807, 2.05) is 26.8 Å². The monoisotopic (exact) mass is 248 g/mol. The summed E-state index contributed by atoms with van der Waals surface area (Å²) in [4.78, 5) is 12.1. The van der Waals surface area contributed by atoms with Gasteiger partial charge in [0, 0.05) is 6.04 Å². The number of hydrogen-bond donors (Lipinski definition) is 3. The molecule has 3 N–H and O–H groups in total. The number of amides is 1. The summed E-state index contributed by atoms with van der Waals surface area (Å²) in [7, 11) is 0. The van der Waals surface area contributed by atoms with E-state index in [9.17, 15) is 9.90 Å². The van der Waals surface area contributed by atoms with Gasteiger partial charge in [-0.15, -0.1) is 0 Å². The minimum absolute atomic E-state index is 0.0206. The molecule has 1 aromatic rings. The van der Waals surface area contributed by atoms with Crippen LogP contribution in [0, 0.1) is 19.8 Å². The molecular weight excluding hydrogens is 228 g/mol. The van der Waals surface area contributed by atoms with Crippen molar-refractivity contribution >= 4 is 11.6 Å². The van der Waals surface area contributed by atoms with Crippen molar-refractivity contribution in [2.45, 2.75) is 33.2 Å². The van der Waals surface area contributed by atoms with E-state index < -0.39 is 0 Å². The maximum atomic E-state index is 12.1. The van der Waals surface area contributed by atoms with Crippen LogP contribution in [0.5, 0.6) is 5.75 Å². The first-order valence-electron chi connectivity index (χ1n) is 6.33. The second-order valence-corrected chi connectivity index (χ2v) is 5.11. The van der Waals surface area contributed by atoms with E-state index >= 15 is 0 Å². The quantitative estimate of drug-likeness (QED) is 0.701. The van der Waals surface area contributed by atoms with Crippen molar-refractivity contribution in [3.8, 4) is 5.75 Å². The van der Waals surface area contributed by atoms with Gasteiger partial charge in [-0.2, -0.15) is 0 Å². The van der Waals surface area contributed by atoms with Crippen molar-refractivity contribution in [1.29, 1.82) is 0 Å². The highest BCUT2D eigenvalue weighted by atomic mass is 16.3. The maximum Gasteiger partial charge on any atom is 0.229 e. The number of nitrogens with one attached hydrogen (secondary N) is 2. The van der Waals surface area contributed by atoms with Gasteiger partial charge in [0.2, 0.25) is 5.91 Å². The normalized spacial score (nSPS) is 23.1. The highest BCUT2D eigenvalue weighted by Crippen LogP contribution is 2.29. The summed E-state index contributed by atoms with van der Waals surface area (Å²) in [5.74, 6) is 0.116. The zero-order chi connectivity index (χ0) is 13.3. The first kappa shape index (κ1) is 12.9. The van der Waals surface area contributed by atoms with Crippen molar-refractivity contribution in [2.24, 2.45) is 5.92 Å². The van der Waals surface area contributed by atoms with E-state index in [2.05, 4.69) is 10.6 Å². The SMILES string of the molecule is Cc1cc(C)c(O)c(NC(=O)C2CCNC2C)c1. The van der Waals surface area contributed by atoms with Crippen LogP contribution in [-0.4, -0.2) is 23.6 Å². The van der Waals surface area contributed by atoms with Crippen LogP contribution >= 0.6 is 0 Å². The van der Waals surface area contributed by atoms with Crippen LogP contribution in [-0.2, 0) is 4.79 Å². The molecule has 1 heterocycles. The number of aryl methyl sites for hydroxylation is 2. The fourth-order valence-electron chi connectivity index (χ4n) is 2.50. The van der Waals surface area contributed by atoms with Crippen molar-refractivity contribution in [3.63, 3.8) is 0 Å². The van der Waals surface area contributed by atoms with Crippen LogP contribution in [0.25, 0.3) is 0 Å². The average molecular weight is 248 g/mol. The molecule has 2 rings (SSSR count). The van der Waals surface area contributed by atoms with Crippen molar-refractivity contribution in [1.82, 2.24) is 5.32 Å². The summed E-state index contributed by atoms with van der Waals surface area (Å²) in [6.45, 7) is 6.66. The number of aromatic hydroxyl groups is 1. The predicted octanol–water partition coefficient (Wildman–Crippen LogP) is 1.95. The van der Waals surface area contributed by atoms with E-state index in [0.29, 0.717) is 5.69 Å². The Hall–Kier alpha value is -1.55. The molecule has 0 aromatic heterocycles. The number of phenolic OH excluding ortho intramolecular Hbond substituents is 1. The molecule has 1 fully saturated rings. The molecule has 2 atom stereocenters. The van der Waals surface area contributed by atoms with Crippen LogP contribution in [0.3, 0.4) is 0 Å². The van der Waals surface area contributed by atoms with E-state index in [0.717, 1.165) is 24.1 Å². The molecule has 2 unspecified atom stereocenters. The Morgan fingerprint density at radius 2 is 2.17 bits per heavy atom. The summed E-state index contributed by atoms with van der Waals surface area (Å²) in [5, 5.41) is 16.0. The highest BCUT2D eigenvalue weighted by molar-refractivity contribution is 5.94. The lowest BCUT2D eigenvalue weighted by Crippen LogP contribution is -2.32. The Kier molecular flexibility index (Phi) is 3.57. The van der Waals surface area contributed by atoms with Gasteiger partial charge in [-0.25, -0.2) is 0 Å². The number of benzene rings is 1. The molecule has 4 nitrogen and oxygen atoms in total. The third-order valence-electron chi connectivity index (χ3n) is 3.56. The van der Waals surface area contributed by atoms with Gasteiger partial charge in [-0.05, 0) is 50.9 Å². The van der Waals surface area contributed by atoms with E-state index in [1.54, 1.807) is 6.07 Å². The first-order chi connectivity index (χ1) is 8.49. The molecule has 18 heavy (non-hydrogen) atoms. The average Bonchev–Trinajstić information content (AvgIpc) is 2.71. The topological polar surface area (TPSA) is 61.4 Å². The molecule has 0 radical (unpaired) electrons. The minimum atomic E-state index is -0.0229. The second-order valence-electron chi connectivity index (χ2n) is 5.11. The van der Waals surface area contributed by atoms with Crippen LogP contribution in [0.2, 0.25) is 0 Å². The van der Waals surface area contributed by atoms with Gasteiger partial charge in [0.1, 0.15) is 5.75 Å². The molecule has 1 amide bonds. The van der Waals surface area contributed by atoms with Crippen LogP contribution in [0.15, 0.2) is 12.1 Å². The molecular formula is C14H20N2O2. The fraction of sp³-hybridized carbons (Fsp3) is 0.500. The summed E-state index contributed by atoms with van der Waals surface area (Å²) in [5.41, 5.74) is 2.32. The van der Waals surface area contributed by atoms with Gasteiger partial charge in [-0.1, -0.05) is 6.07 Å². The number of hydrogen-bond acceptors (Lipinski definition) is 3. The van der Waals surface area contributed by atoms with Gasteiger partial charge in [0.25, 0.3) is 0 Å². The Morgan fingerprint density at radius 3 is 2.78 bits per heavy atom. The molecule has 1 saturated heterocycles. The minimum Gasteiger partial charge on any atom is -0.505 e. The second kappa shape index (κ2) is 4.98. The Bertz CT molecular complexity index is 471. The largest absolute Gasteiger partial charge is 0.505 e. The van der Waals surface area contributed by atoms with Gasteiger partial charge >= 0.3 is 0 Å². The van der Waals surface area contributed by atoms with Gasteiger partial charge < -0.3 is 15.7 Å². The van der Waals surface area contributed by atoms with Gasteiger partial charge in [0.05, 0.1) is 11.6 Å². The standard InChI is InChI=1S/C14H20N2O2/c1-8-6-9(2)13(17)12(7-8)16-14(18)11-4-5-15-10(11)3/h6-7,10-11,15,17H,4-5H2,1-3H3,(H,16,18). The summed E-state index contributed by atoms with van der Waals surface area (Å²) >= 11 is 0. The van der Waals surface area contributed by atoms with Crippen molar-refractivity contribution in [2.75, 3.05) is 11.9 Å². The first-order valence-corrected chi connectivity index (χ1v) is 6.33. The summed E-state index contributed by atoms with van der Waals surface area (Å²) in [6, 6.07) is 3.89. The smallest absolute Gasteiger partial charge is 0.229 e. The molecule has 0 bridgehead atoms. The lowest BCUT2D eigenvalue weighted by atomic mass is 10.0. The van der Waals surface area contributed by atoms with E-state index in [1.165, 1.54) is 0 Å². The molecule has 1 aliphatic rings. The molecule has 0 saturated carbocycles. The number of rotatable bonds is 2. The molecule has 4 heteroatoms. The van der Waals surface area contributed by atoms with E-state index in [4.69, 9.17) is 0 Å². The number of anilines is 1. The predicted molar refractivity (Wildman–Crippen MR) is 71.8 cm³/mol. The van der Waals surface area contributed by atoms with Crippen molar-refractivity contribution in [3.05, 3.63) is 23.3 Å². The Morgan fingerprint density at radius 1 is 1.44 bits per heavy atom. The number of phenols is 1. The van der Waals surface area contributed by atoms with Crippen LogP contribution in [0.1, 0.15) is 24.5 Å². The summed E-state index contributed by atoms with van der Waals surface area (Å²) in [6.07, 6.45) is 0.846. The Balaban J connectivity index is 2.16. The van der Waals surface area contributed by atoms with Gasteiger partial charge in [-0.3, -0.25) is 4.79 Å². The maximum absolute atomic E-state index is 12.1. The van der Waals surface area contributed by atoms with Crippen LogP contribution in [0.4, 0.5) is 5.69 Å². The van der Waals surface area contributed by atoms with Gasteiger partial charge in [0.15, 0.2) is 0 Å². The Labute approximate surface area is 107 Å².